The minimum Gasteiger partial charge on any atom is -0.384 e. The molecular formula is C24H21N5O5. The maximum absolute atomic E-state index is 13.5. The SMILES string of the molecule is CC1(C)CC(=O)C2=C(C1)N(c1ccc([N+](=O)[O-])cc1)C(N)=C(C#N)C2c1cccc([N+](=O)[O-])c1. The van der Waals surface area contributed by atoms with E-state index in [0.29, 0.717) is 28.9 Å². The van der Waals surface area contributed by atoms with Gasteiger partial charge in [0.05, 0.1) is 27.4 Å². The molecule has 34 heavy (non-hydrogen) atoms. The predicted octanol–water partition coefficient (Wildman–Crippen LogP) is 4.44. The average molecular weight is 459 g/mol. The van der Waals surface area contributed by atoms with E-state index in [1.165, 1.54) is 42.5 Å². The van der Waals surface area contributed by atoms with Gasteiger partial charge in [0.25, 0.3) is 11.4 Å². The summed E-state index contributed by atoms with van der Waals surface area (Å²) in [4.78, 5) is 36.5. The lowest BCUT2D eigenvalue weighted by Gasteiger charge is -2.43. The Kier molecular flexibility index (Phi) is 5.41. The fourth-order valence-corrected chi connectivity index (χ4v) is 4.68. The third kappa shape index (κ3) is 3.77. The molecule has 0 saturated heterocycles. The topological polar surface area (TPSA) is 156 Å². The molecule has 0 radical (unpaired) electrons. The molecule has 2 aliphatic rings. The number of nitro benzene ring substituents is 2. The van der Waals surface area contributed by atoms with Crippen molar-refractivity contribution in [3.05, 3.63) is 97.0 Å². The summed E-state index contributed by atoms with van der Waals surface area (Å²) in [7, 11) is 0. The largest absolute Gasteiger partial charge is 0.384 e. The summed E-state index contributed by atoms with van der Waals surface area (Å²) in [5.74, 6) is -0.940. The van der Waals surface area contributed by atoms with Gasteiger partial charge >= 0.3 is 0 Å². The summed E-state index contributed by atoms with van der Waals surface area (Å²) >= 11 is 0. The molecule has 2 aromatic carbocycles. The van der Waals surface area contributed by atoms with Gasteiger partial charge in [-0.3, -0.25) is 29.9 Å². The Morgan fingerprint density at radius 3 is 2.29 bits per heavy atom. The molecule has 1 unspecified atom stereocenters. The number of non-ortho nitro benzene ring substituents is 2. The van der Waals surface area contributed by atoms with Gasteiger partial charge in [-0.05, 0) is 29.5 Å². The molecule has 10 heteroatoms. The van der Waals surface area contributed by atoms with Crippen LogP contribution in [-0.4, -0.2) is 15.6 Å². The molecule has 1 aliphatic heterocycles. The number of allylic oxidation sites excluding steroid dienone is 3. The van der Waals surface area contributed by atoms with Crippen LogP contribution in [0.4, 0.5) is 17.1 Å². The van der Waals surface area contributed by atoms with E-state index in [1.807, 2.05) is 13.8 Å². The highest BCUT2D eigenvalue weighted by atomic mass is 16.6. The monoisotopic (exact) mass is 459 g/mol. The van der Waals surface area contributed by atoms with Crippen molar-refractivity contribution in [1.29, 1.82) is 5.26 Å². The quantitative estimate of drug-likeness (QED) is 0.519. The van der Waals surface area contributed by atoms with Crippen molar-refractivity contribution < 1.29 is 14.6 Å². The van der Waals surface area contributed by atoms with Crippen LogP contribution in [0.15, 0.2) is 71.2 Å². The second-order valence-electron chi connectivity index (χ2n) is 9.11. The van der Waals surface area contributed by atoms with Crippen LogP contribution in [0.3, 0.4) is 0 Å². The first kappa shape index (κ1) is 22.7. The minimum atomic E-state index is -0.849. The molecule has 10 nitrogen and oxygen atoms in total. The van der Waals surface area contributed by atoms with Gasteiger partial charge in [-0.2, -0.15) is 5.26 Å². The number of carbonyl (C=O) groups is 1. The van der Waals surface area contributed by atoms with Crippen LogP contribution in [-0.2, 0) is 4.79 Å². The molecule has 0 aromatic heterocycles. The number of benzene rings is 2. The van der Waals surface area contributed by atoms with Crippen LogP contribution in [0.25, 0.3) is 0 Å². The Bertz CT molecular complexity index is 1330. The Labute approximate surface area is 194 Å². The van der Waals surface area contributed by atoms with Gasteiger partial charge in [-0.25, -0.2) is 0 Å². The lowest BCUT2D eigenvalue weighted by Crippen LogP contribution is -2.42. The summed E-state index contributed by atoms with van der Waals surface area (Å²) < 4.78 is 0. The van der Waals surface area contributed by atoms with Crippen molar-refractivity contribution in [1.82, 2.24) is 0 Å². The fourth-order valence-electron chi connectivity index (χ4n) is 4.68. The Hall–Kier alpha value is -4.52. The highest BCUT2D eigenvalue weighted by molar-refractivity contribution is 6.01. The van der Waals surface area contributed by atoms with Crippen molar-refractivity contribution in [3.8, 4) is 6.07 Å². The fraction of sp³-hybridized carbons (Fsp3) is 0.250. The number of carbonyl (C=O) groups excluding carboxylic acids is 1. The van der Waals surface area contributed by atoms with Gasteiger partial charge in [-0.1, -0.05) is 26.0 Å². The van der Waals surface area contributed by atoms with Gasteiger partial charge in [-0.15, -0.1) is 0 Å². The summed E-state index contributed by atoms with van der Waals surface area (Å²) in [5, 5.41) is 32.5. The minimum absolute atomic E-state index is 0.0807. The molecule has 0 saturated carbocycles. The van der Waals surface area contributed by atoms with Crippen LogP contribution < -0.4 is 10.6 Å². The zero-order valence-electron chi connectivity index (χ0n) is 18.5. The average Bonchev–Trinajstić information content (AvgIpc) is 2.77. The van der Waals surface area contributed by atoms with E-state index < -0.39 is 21.2 Å². The van der Waals surface area contributed by atoms with Crippen molar-refractivity contribution in [2.45, 2.75) is 32.6 Å². The first-order chi connectivity index (χ1) is 16.0. The van der Waals surface area contributed by atoms with Crippen molar-refractivity contribution in [2.24, 2.45) is 11.1 Å². The maximum atomic E-state index is 13.5. The standard InChI is InChI=1S/C24H21N5O5/c1-24(2)11-19-22(20(30)12-24)21(14-4-3-5-17(10-14)29(33)34)18(13-25)23(26)27(19)15-6-8-16(9-7-15)28(31)32/h3-10,21H,11-12,26H2,1-2H3. The molecule has 0 spiro atoms. The number of ketones is 1. The van der Waals surface area contributed by atoms with E-state index in [0.717, 1.165) is 0 Å². The van der Waals surface area contributed by atoms with Gasteiger partial charge < -0.3 is 5.73 Å². The van der Waals surface area contributed by atoms with Crippen molar-refractivity contribution in [2.75, 3.05) is 4.90 Å². The lowest BCUT2D eigenvalue weighted by molar-refractivity contribution is -0.385. The normalized spacial score (nSPS) is 19.5. The summed E-state index contributed by atoms with van der Waals surface area (Å²) in [6, 6.07) is 13.7. The van der Waals surface area contributed by atoms with Crippen LogP contribution in [0.2, 0.25) is 0 Å². The second kappa shape index (κ2) is 8.12. The van der Waals surface area contributed by atoms with E-state index in [2.05, 4.69) is 6.07 Å². The molecule has 0 fully saturated rings. The number of hydrogen-bond acceptors (Lipinski definition) is 8. The van der Waals surface area contributed by atoms with Crippen LogP contribution in [0.5, 0.6) is 0 Å². The van der Waals surface area contributed by atoms with Gasteiger partial charge in [0.2, 0.25) is 0 Å². The first-order valence-corrected chi connectivity index (χ1v) is 10.5. The molecular weight excluding hydrogens is 438 g/mol. The number of nitro groups is 2. The number of nitrogens with zero attached hydrogens (tertiary/aromatic N) is 4. The third-order valence-electron chi connectivity index (χ3n) is 6.11. The van der Waals surface area contributed by atoms with Gasteiger partial charge in [0, 0.05) is 47.6 Å². The molecule has 2 aromatic rings. The molecule has 1 aliphatic carbocycles. The van der Waals surface area contributed by atoms with E-state index in [-0.39, 0.29) is 35.0 Å². The summed E-state index contributed by atoms with van der Waals surface area (Å²) in [6.07, 6.45) is 0.694. The van der Waals surface area contributed by atoms with Gasteiger partial charge in [0.15, 0.2) is 5.78 Å². The van der Waals surface area contributed by atoms with Crippen LogP contribution in [0, 0.1) is 37.0 Å². The van der Waals surface area contributed by atoms with E-state index in [4.69, 9.17) is 5.73 Å². The number of Topliss-reactive ketones (excluding diaryl/α,β-unsaturated/α-hetero) is 1. The Morgan fingerprint density at radius 2 is 1.71 bits per heavy atom. The van der Waals surface area contributed by atoms with Crippen LogP contribution >= 0.6 is 0 Å². The molecule has 4 rings (SSSR count). The molecule has 0 bridgehead atoms. The number of hydrogen-bond donors (Lipinski definition) is 1. The molecule has 0 amide bonds. The highest BCUT2D eigenvalue weighted by Gasteiger charge is 2.44. The lowest BCUT2D eigenvalue weighted by atomic mass is 9.68. The zero-order chi connectivity index (χ0) is 24.8. The Balaban J connectivity index is 1.97. The third-order valence-corrected chi connectivity index (χ3v) is 6.11. The van der Waals surface area contributed by atoms with E-state index in [1.54, 1.807) is 11.0 Å². The predicted molar refractivity (Wildman–Crippen MR) is 123 cm³/mol. The number of rotatable bonds is 4. The zero-order valence-corrected chi connectivity index (χ0v) is 18.5. The van der Waals surface area contributed by atoms with E-state index >= 15 is 0 Å². The number of nitriles is 1. The van der Waals surface area contributed by atoms with Crippen molar-refractivity contribution in [3.63, 3.8) is 0 Å². The summed E-state index contributed by atoms with van der Waals surface area (Å²) in [6.45, 7) is 3.90. The van der Waals surface area contributed by atoms with Crippen molar-refractivity contribution >= 4 is 22.8 Å². The number of anilines is 1. The molecule has 1 atom stereocenters. The second-order valence-corrected chi connectivity index (χ2v) is 9.11. The molecule has 172 valence electrons. The van der Waals surface area contributed by atoms with E-state index in [9.17, 15) is 30.3 Å². The Morgan fingerprint density at radius 1 is 1.06 bits per heavy atom. The summed E-state index contributed by atoms with van der Waals surface area (Å²) in [5.41, 5.74) is 7.79. The smallest absolute Gasteiger partial charge is 0.269 e. The van der Waals surface area contributed by atoms with Gasteiger partial charge in [0.1, 0.15) is 5.82 Å². The van der Waals surface area contributed by atoms with Crippen LogP contribution in [0.1, 0.15) is 38.2 Å². The maximum Gasteiger partial charge on any atom is 0.269 e. The first-order valence-electron chi connectivity index (χ1n) is 10.5. The molecule has 1 heterocycles. The molecule has 2 N–H and O–H groups in total. The number of nitrogens with two attached hydrogens (primary N) is 1. The highest BCUT2D eigenvalue weighted by Crippen LogP contribution is 2.50.